The quantitative estimate of drug-likeness (QED) is 0.130. The van der Waals surface area contributed by atoms with E-state index in [1.165, 1.54) is 6.20 Å². The minimum atomic E-state index is -1.41. The third kappa shape index (κ3) is 3.73. The number of nitrogens with zero attached hydrogens (tertiary/aromatic N) is 2. The lowest BCUT2D eigenvalue weighted by Gasteiger charge is -2.20. The topological polar surface area (TPSA) is 142 Å². The van der Waals surface area contributed by atoms with Crippen LogP contribution in [0.2, 0.25) is 0 Å². The van der Waals surface area contributed by atoms with Crippen LogP contribution in [0.25, 0.3) is 49.8 Å². The Hall–Kier alpha value is -4.77. The lowest BCUT2D eigenvalue weighted by molar-refractivity contribution is 0.0695. The monoisotopic (exact) mass is 543 g/mol. The van der Waals surface area contributed by atoms with E-state index in [1.54, 1.807) is 34.7 Å². The lowest BCUT2D eigenvalue weighted by Crippen LogP contribution is -2.27. The molecule has 1 aliphatic heterocycles. The standard InChI is InChI=1S/C29H26FN5O5/c1-34-8-2-3-15(34)6-7-32-25-18(30)10-16-26-28(25)40-24-11-20-23(39-22-9-14(31)4-5-19(22)33-20)12-21(24)35(26)13-17(27(16)36)29(37)38/h4-5,9-13,15,32-33H,2-3,6-8,31H2,1H3,(H,37,38). The average Bonchev–Trinajstić information content (AvgIpc) is 3.33. The summed E-state index contributed by atoms with van der Waals surface area (Å²) in [6, 6.07) is 10.1. The van der Waals surface area contributed by atoms with Gasteiger partial charge in [0.25, 0.3) is 0 Å². The zero-order valence-electron chi connectivity index (χ0n) is 21.6. The molecule has 0 bridgehead atoms. The van der Waals surface area contributed by atoms with Crippen molar-refractivity contribution in [1.82, 2.24) is 14.3 Å². The molecule has 0 radical (unpaired) electrons. The molecular weight excluding hydrogens is 517 g/mol. The number of pyridine rings is 1. The number of nitrogen functional groups attached to an aromatic ring is 1. The van der Waals surface area contributed by atoms with Gasteiger partial charge in [-0.25, -0.2) is 9.18 Å². The van der Waals surface area contributed by atoms with Crippen molar-refractivity contribution in [2.75, 3.05) is 31.2 Å². The highest BCUT2D eigenvalue weighted by atomic mass is 19.1. The first kappa shape index (κ1) is 24.3. The van der Waals surface area contributed by atoms with Crippen molar-refractivity contribution in [3.63, 3.8) is 0 Å². The number of fused-ring (bicyclic) bond motifs is 4. The predicted molar refractivity (Wildman–Crippen MR) is 151 cm³/mol. The van der Waals surface area contributed by atoms with Crippen LogP contribution < -0.4 is 16.5 Å². The number of nitrogens with two attached hydrogens (primary N) is 1. The second-order valence-electron chi connectivity index (χ2n) is 10.4. The summed E-state index contributed by atoms with van der Waals surface area (Å²) in [4.78, 5) is 30.7. The highest BCUT2D eigenvalue weighted by molar-refractivity contribution is 6.06. The SMILES string of the molecule is CN1CCCC1CCNc1c(F)cc2c(=O)c(C(=O)O)cn3c4cc5oc6cc(N)ccc6[nH]c5cc4oc1c23. The summed E-state index contributed by atoms with van der Waals surface area (Å²) in [5, 5.41) is 12.9. The second kappa shape index (κ2) is 8.88. The van der Waals surface area contributed by atoms with E-state index in [-0.39, 0.29) is 22.2 Å². The maximum absolute atomic E-state index is 15.6. The summed E-state index contributed by atoms with van der Waals surface area (Å²) in [6.07, 6.45) is 4.28. The van der Waals surface area contributed by atoms with Gasteiger partial charge in [-0.05, 0) is 51.1 Å². The van der Waals surface area contributed by atoms with Crippen LogP contribution >= 0.6 is 0 Å². The molecule has 1 unspecified atom stereocenters. The van der Waals surface area contributed by atoms with Gasteiger partial charge in [0.05, 0.1) is 21.9 Å². The molecule has 0 spiro atoms. The van der Waals surface area contributed by atoms with E-state index < -0.39 is 22.8 Å². The molecular formula is C29H26FN5O5. The predicted octanol–water partition coefficient (Wildman–Crippen LogP) is 5.30. The van der Waals surface area contributed by atoms with Crippen molar-refractivity contribution in [2.45, 2.75) is 25.3 Å². The molecule has 4 heterocycles. The molecule has 3 aromatic heterocycles. The number of aromatic nitrogens is 2. The minimum Gasteiger partial charge on any atom is -0.477 e. The number of carbonyl (C=O) groups is 1. The van der Waals surface area contributed by atoms with E-state index in [2.05, 4.69) is 22.2 Å². The van der Waals surface area contributed by atoms with E-state index in [1.807, 2.05) is 0 Å². The average molecular weight is 544 g/mol. The first-order valence-electron chi connectivity index (χ1n) is 13.1. The molecule has 7 rings (SSSR count). The maximum atomic E-state index is 15.6. The van der Waals surface area contributed by atoms with Crippen molar-refractivity contribution in [1.29, 1.82) is 0 Å². The zero-order chi connectivity index (χ0) is 27.7. The number of carboxylic acid groups (broad SMARTS) is 1. The summed E-state index contributed by atoms with van der Waals surface area (Å²) < 4.78 is 29.5. The van der Waals surface area contributed by atoms with E-state index >= 15 is 4.39 Å². The fraction of sp³-hybridized carbons (Fsp3) is 0.241. The first-order chi connectivity index (χ1) is 19.3. The third-order valence-electron chi connectivity index (χ3n) is 7.90. The summed E-state index contributed by atoms with van der Waals surface area (Å²) in [5.74, 6) is -2.10. The Bertz CT molecular complexity index is 2090. The van der Waals surface area contributed by atoms with Crippen molar-refractivity contribution < 1.29 is 23.1 Å². The van der Waals surface area contributed by atoms with Gasteiger partial charge in [0.15, 0.2) is 28.1 Å². The normalized spacial score (nSPS) is 16.2. The molecule has 11 heteroatoms. The number of hydrogen-bond donors (Lipinski definition) is 4. The van der Waals surface area contributed by atoms with Gasteiger partial charge in [-0.1, -0.05) is 0 Å². The van der Waals surface area contributed by atoms with Crippen LogP contribution in [0.15, 0.2) is 56.2 Å². The number of H-pyrrole nitrogens is 1. The fourth-order valence-corrected chi connectivity index (χ4v) is 5.84. The Kier molecular flexibility index (Phi) is 5.39. The Balaban J connectivity index is 1.50. The number of likely N-dealkylation sites (tertiary alicyclic amines) is 1. The Labute approximate surface area is 225 Å². The largest absolute Gasteiger partial charge is 0.477 e. The van der Waals surface area contributed by atoms with Crippen molar-refractivity contribution in [3.05, 3.63) is 64.2 Å². The molecule has 204 valence electrons. The number of hydrogen-bond acceptors (Lipinski definition) is 7. The van der Waals surface area contributed by atoms with Gasteiger partial charge < -0.3 is 39.3 Å². The van der Waals surface area contributed by atoms with Crippen LogP contribution in [0.5, 0.6) is 0 Å². The summed E-state index contributed by atoms with van der Waals surface area (Å²) >= 11 is 0. The van der Waals surface area contributed by atoms with Gasteiger partial charge in [-0.3, -0.25) is 4.79 Å². The molecule has 0 aliphatic carbocycles. The highest BCUT2D eigenvalue weighted by Gasteiger charge is 2.24. The molecule has 5 N–H and O–H groups in total. The van der Waals surface area contributed by atoms with Crippen LogP contribution in [0.1, 0.15) is 29.6 Å². The van der Waals surface area contributed by atoms with E-state index in [9.17, 15) is 14.7 Å². The van der Waals surface area contributed by atoms with Gasteiger partial charge >= 0.3 is 5.97 Å². The number of rotatable bonds is 5. The second-order valence-corrected chi connectivity index (χ2v) is 10.4. The smallest absolute Gasteiger partial charge is 0.341 e. The molecule has 0 saturated carbocycles. The van der Waals surface area contributed by atoms with Crippen LogP contribution in [0, 0.1) is 5.82 Å². The highest BCUT2D eigenvalue weighted by Crippen LogP contribution is 2.35. The molecule has 0 amide bonds. The van der Waals surface area contributed by atoms with Gasteiger partial charge in [0.1, 0.15) is 16.8 Å². The minimum absolute atomic E-state index is 0.0889. The number of carboxylic acids is 1. The first-order valence-corrected chi connectivity index (χ1v) is 13.1. The van der Waals surface area contributed by atoms with Gasteiger partial charge in [-0.2, -0.15) is 0 Å². The maximum Gasteiger partial charge on any atom is 0.341 e. The van der Waals surface area contributed by atoms with E-state index in [0.717, 1.165) is 31.9 Å². The molecule has 40 heavy (non-hydrogen) atoms. The van der Waals surface area contributed by atoms with Crippen molar-refractivity contribution >= 4 is 67.1 Å². The Morgan fingerprint density at radius 3 is 2.77 bits per heavy atom. The number of benzene rings is 3. The summed E-state index contributed by atoms with van der Waals surface area (Å²) in [5.41, 5.74) is 8.79. The molecule has 1 saturated heterocycles. The van der Waals surface area contributed by atoms with Gasteiger partial charge in [0.2, 0.25) is 5.43 Å². The number of aromatic amines is 1. The van der Waals surface area contributed by atoms with Crippen molar-refractivity contribution in [3.8, 4) is 0 Å². The van der Waals surface area contributed by atoms with Crippen LogP contribution in [0.3, 0.4) is 0 Å². The third-order valence-corrected chi connectivity index (χ3v) is 7.90. The Morgan fingerprint density at radius 1 is 1.18 bits per heavy atom. The molecule has 10 nitrogen and oxygen atoms in total. The molecule has 1 fully saturated rings. The summed E-state index contributed by atoms with van der Waals surface area (Å²) in [7, 11) is 2.09. The summed E-state index contributed by atoms with van der Waals surface area (Å²) in [6.45, 7) is 1.54. The number of aromatic carboxylic acids is 1. The van der Waals surface area contributed by atoms with Crippen LogP contribution in [-0.4, -0.2) is 51.5 Å². The number of anilines is 2. The lowest BCUT2D eigenvalue weighted by atomic mass is 10.1. The number of nitrogens with one attached hydrogen (secondary N) is 2. The van der Waals surface area contributed by atoms with E-state index in [0.29, 0.717) is 51.6 Å². The fourth-order valence-electron chi connectivity index (χ4n) is 5.84. The van der Waals surface area contributed by atoms with Gasteiger partial charge in [0, 0.05) is 42.7 Å². The molecule has 1 atom stereocenters. The molecule has 6 aromatic rings. The van der Waals surface area contributed by atoms with Crippen LogP contribution in [-0.2, 0) is 0 Å². The van der Waals surface area contributed by atoms with E-state index in [4.69, 9.17) is 14.6 Å². The number of halogens is 1. The zero-order valence-corrected chi connectivity index (χ0v) is 21.6. The van der Waals surface area contributed by atoms with Crippen molar-refractivity contribution in [2.24, 2.45) is 0 Å². The Morgan fingerprint density at radius 2 is 2.00 bits per heavy atom. The molecule has 1 aliphatic rings. The van der Waals surface area contributed by atoms with Crippen LogP contribution in [0.4, 0.5) is 15.8 Å². The van der Waals surface area contributed by atoms with Gasteiger partial charge in [-0.15, -0.1) is 0 Å². The molecule has 3 aromatic carbocycles.